The number of para-hydroxylation sites is 1. The zero-order valence-corrected chi connectivity index (χ0v) is 18.3. The molecule has 33 heavy (non-hydrogen) atoms. The molecule has 0 aliphatic heterocycles. The maximum Gasteiger partial charge on any atom is 0.387 e. The van der Waals surface area contributed by atoms with Crippen molar-refractivity contribution in [1.82, 2.24) is 9.38 Å². The Morgan fingerprint density at radius 1 is 1.12 bits per heavy atom. The van der Waals surface area contributed by atoms with Crippen molar-refractivity contribution in [3.63, 3.8) is 0 Å². The van der Waals surface area contributed by atoms with Gasteiger partial charge >= 0.3 is 6.61 Å². The Bertz CT molecular complexity index is 1500. The Morgan fingerprint density at radius 3 is 2.52 bits per heavy atom. The van der Waals surface area contributed by atoms with Gasteiger partial charge < -0.3 is 14.2 Å². The van der Waals surface area contributed by atoms with Crippen LogP contribution in [0.15, 0.2) is 71.8 Å². The lowest BCUT2D eigenvalue weighted by atomic mass is 9.95. The molecule has 2 atom stereocenters. The maximum absolute atomic E-state index is 13.0. The van der Waals surface area contributed by atoms with Crippen molar-refractivity contribution in [2.75, 3.05) is 6.26 Å². The van der Waals surface area contributed by atoms with E-state index in [0.717, 1.165) is 17.4 Å². The number of nitrogens with zero attached hydrogens (tertiary/aromatic N) is 2. The molecular weight excluding hydrogens is 450 g/mol. The van der Waals surface area contributed by atoms with Crippen molar-refractivity contribution >= 4 is 15.5 Å². The van der Waals surface area contributed by atoms with Gasteiger partial charge in [-0.3, -0.25) is 0 Å². The van der Waals surface area contributed by atoms with Crippen LogP contribution in [0.25, 0.3) is 16.8 Å². The van der Waals surface area contributed by atoms with E-state index in [1.165, 1.54) is 18.2 Å². The lowest BCUT2D eigenvalue weighted by Crippen LogP contribution is -2.08. The average molecular weight is 472 g/mol. The first-order valence-corrected chi connectivity index (χ1v) is 12.0. The zero-order valence-electron chi connectivity index (χ0n) is 18.4. The highest BCUT2D eigenvalue weighted by atomic mass is 32.2. The molecule has 2 heterocycles. The highest BCUT2D eigenvalue weighted by Gasteiger charge is 2.37. The number of aliphatic hydroxyl groups is 1. The SMILES string of the molecule is [2H]C1(O)CC(c2ccccc2OC(F)F)c2c1nc1ccc(-c3ccc(S(C)(=O)=O)cc3)cn21. The number of alkyl halides is 2. The third-order valence-corrected chi connectivity index (χ3v) is 6.91. The molecule has 0 bridgehead atoms. The van der Waals surface area contributed by atoms with E-state index in [9.17, 15) is 22.3 Å². The second-order valence-electron chi connectivity index (χ2n) is 7.91. The van der Waals surface area contributed by atoms with E-state index in [4.69, 9.17) is 6.11 Å². The van der Waals surface area contributed by atoms with E-state index in [-0.39, 0.29) is 22.8 Å². The van der Waals surface area contributed by atoms with Crippen LogP contribution in [0.3, 0.4) is 0 Å². The summed E-state index contributed by atoms with van der Waals surface area (Å²) < 4.78 is 64.4. The van der Waals surface area contributed by atoms with Gasteiger partial charge in [-0.05, 0) is 47.9 Å². The first-order valence-electron chi connectivity index (χ1n) is 10.6. The molecule has 9 heteroatoms. The van der Waals surface area contributed by atoms with E-state index < -0.39 is 28.4 Å². The molecule has 1 N–H and O–H groups in total. The largest absolute Gasteiger partial charge is 0.435 e. The van der Waals surface area contributed by atoms with Crippen LogP contribution < -0.4 is 4.74 Å². The molecule has 2 unspecified atom stereocenters. The monoisotopic (exact) mass is 471 g/mol. The van der Waals surface area contributed by atoms with Crippen LogP contribution in [0, 0.1) is 0 Å². The molecule has 5 rings (SSSR count). The molecule has 0 spiro atoms. The fraction of sp³-hybridized carbons (Fsp3) is 0.208. The lowest BCUT2D eigenvalue weighted by Gasteiger charge is -2.17. The summed E-state index contributed by atoms with van der Waals surface area (Å²) >= 11 is 0. The normalized spacial score (nSPS) is 20.8. The predicted molar refractivity (Wildman–Crippen MR) is 118 cm³/mol. The number of pyridine rings is 1. The van der Waals surface area contributed by atoms with Gasteiger partial charge in [0.15, 0.2) is 9.84 Å². The fourth-order valence-electron chi connectivity index (χ4n) is 4.29. The highest BCUT2D eigenvalue weighted by Crippen LogP contribution is 2.47. The van der Waals surface area contributed by atoms with Crippen molar-refractivity contribution < 1.29 is 28.4 Å². The van der Waals surface area contributed by atoms with E-state index in [1.54, 1.807) is 53.1 Å². The third kappa shape index (κ3) is 3.87. The summed E-state index contributed by atoms with van der Waals surface area (Å²) in [6.07, 6.45) is 0.855. The molecule has 0 saturated carbocycles. The molecule has 0 radical (unpaired) electrons. The van der Waals surface area contributed by atoms with Gasteiger partial charge in [-0.25, -0.2) is 13.4 Å². The number of halogens is 2. The smallest absolute Gasteiger partial charge is 0.387 e. The Kier molecular flexibility index (Phi) is 4.88. The lowest BCUT2D eigenvalue weighted by molar-refractivity contribution is -0.0506. The molecule has 4 aromatic rings. The van der Waals surface area contributed by atoms with Crippen LogP contribution in [0.2, 0.25) is 0 Å². The molecule has 1 aliphatic carbocycles. The minimum atomic E-state index is -3.33. The molecule has 6 nitrogen and oxygen atoms in total. The van der Waals surface area contributed by atoms with Crippen molar-refractivity contribution in [3.05, 3.63) is 83.8 Å². The quantitative estimate of drug-likeness (QED) is 0.461. The minimum Gasteiger partial charge on any atom is -0.435 e. The van der Waals surface area contributed by atoms with Crippen LogP contribution in [0.1, 0.15) is 36.7 Å². The van der Waals surface area contributed by atoms with Crippen molar-refractivity contribution in [3.8, 4) is 16.9 Å². The first kappa shape index (κ1) is 20.3. The van der Waals surface area contributed by atoms with Crippen LogP contribution in [-0.4, -0.2) is 35.8 Å². The van der Waals surface area contributed by atoms with Crippen LogP contribution in [-0.2, 0) is 9.84 Å². The summed E-state index contributed by atoms with van der Waals surface area (Å²) in [4.78, 5) is 4.66. The van der Waals surface area contributed by atoms with E-state index in [2.05, 4.69) is 4.98 Å². The van der Waals surface area contributed by atoms with Crippen LogP contribution in [0.5, 0.6) is 5.75 Å². The standard InChI is InChI=1S/C24H20F2N2O4S/c1-33(30,31)16-9-6-14(7-10-16)15-8-11-21-27-22-19(29)12-18(23(22)28(21)13-15)17-4-2-3-5-20(17)32-24(25)26/h2-11,13,18-19,24,29H,12H2,1H3/i19D. The number of imidazole rings is 1. The van der Waals surface area contributed by atoms with E-state index in [0.29, 0.717) is 16.9 Å². The summed E-state index contributed by atoms with van der Waals surface area (Å²) in [5.41, 5.74) is 3.11. The average Bonchev–Trinajstić information content (AvgIpc) is 3.28. The third-order valence-electron chi connectivity index (χ3n) is 5.78. The predicted octanol–water partition coefficient (Wildman–Crippen LogP) is 4.58. The van der Waals surface area contributed by atoms with Gasteiger partial charge in [-0.15, -0.1) is 0 Å². The topological polar surface area (TPSA) is 80.9 Å². The van der Waals surface area contributed by atoms with Crippen molar-refractivity contribution in [2.24, 2.45) is 0 Å². The van der Waals surface area contributed by atoms with Gasteiger partial charge in [0, 0.05) is 23.9 Å². The Labute approximate surface area is 190 Å². The number of fused-ring (bicyclic) bond motifs is 3. The van der Waals surface area contributed by atoms with Gasteiger partial charge in [0.1, 0.15) is 11.4 Å². The first-order chi connectivity index (χ1) is 16.0. The number of rotatable bonds is 5. The Hall–Kier alpha value is -3.30. The molecule has 170 valence electrons. The Morgan fingerprint density at radius 2 is 1.82 bits per heavy atom. The number of hydrogen-bond donors (Lipinski definition) is 1. The van der Waals surface area contributed by atoms with Crippen molar-refractivity contribution in [2.45, 2.75) is 29.9 Å². The van der Waals surface area contributed by atoms with Crippen LogP contribution in [0.4, 0.5) is 8.78 Å². The van der Waals surface area contributed by atoms with Gasteiger partial charge in [0.2, 0.25) is 0 Å². The fourth-order valence-corrected chi connectivity index (χ4v) is 4.92. The molecular formula is C24H20F2N2O4S. The number of benzene rings is 2. The second kappa shape index (κ2) is 7.93. The van der Waals surface area contributed by atoms with Crippen molar-refractivity contribution in [1.29, 1.82) is 0 Å². The molecule has 0 saturated heterocycles. The molecule has 2 aromatic heterocycles. The summed E-state index contributed by atoms with van der Waals surface area (Å²) in [7, 11) is -3.33. The number of hydrogen-bond acceptors (Lipinski definition) is 5. The molecule has 1 aliphatic rings. The number of aromatic nitrogens is 2. The number of ether oxygens (including phenoxy) is 1. The summed E-state index contributed by atoms with van der Waals surface area (Å²) in [6.45, 7) is -3.01. The van der Waals surface area contributed by atoms with Gasteiger partial charge in [0.05, 0.1) is 23.7 Å². The van der Waals surface area contributed by atoms with E-state index in [1.807, 2.05) is 0 Å². The maximum atomic E-state index is 13.0. The molecule has 0 fully saturated rings. The van der Waals surface area contributed by atoms with Crippen LogP contribution >= 0.6 is 0 Å². The second-order valence-corrected chi connectivity index (χ2v) is 9.92. The minimum absolute atomic E-state index is 0.0198. The number of sulfone groups is 1. The summed E-state index contributed by atoms with van der Waals surface area (Å²) in [5.74, 6) is -0.626. The molecule has 0 amide bonds. The Balaban J connectivity index is 1.65. The zero-order chi connectivity index (χ0) is 24.3. The van der Waals surface area contributed by atoms with Gasteiger partial charge in [-0.1, -0.05) is 30.3 Å². The summed E-state index contributed by atoms with van der Waals surface area (Å²) in [6, 6.07) is 16.3. The summed E-state index contributed by atoms with van der Waals surface area (Å²) in [5, 5.41) is 10.8. The van der Waals surface area contributed by atoms with E-state index >= 15 is 0 Å². The van der Waals surface area contributed by atoms with Gasteiger partial charge in [-0.2, -0.15) is 8.78 Å². The van der Waals surface area contributed by atoms with Gasteiger partial charge in [0.25, 0.3) is 0 Å². The molecule has 2 aromatic carbocycles. The highest BCUT2D eigenvalue weighted by molar-refractivity contribution is 7.90.